The van der Waals surface area contributed by atoms with Crippen LogP contribution in [0.5, 0.6) is 0 Å². The zero-order valence-electron chi connectivity index (χ0n) is 27.9. The summed E-state index contributed by atoms with van der Waals surface area (Å²) in [5.74, 6) is 5.36. The van der Waals surface area contributed by atoms with Gasteiger partial charge < -0.3 is 0 Å². The Bertz CT molecular complexity index is 2490. The lowest BCUT2D eigenvalue weighted by Gasteiger charge is -2.18. The van der Waals surface area contributed by atoms with E-state index in [9.17, 15) is 0 Å². The van der Waals surface area contributed by atoms with Gasteiger partial charge in [-0.1, -0.05) is 133 Å². The Morgan fingerprint density at radius 2 is 0.958 bits per heavy atom. The molecule has 8 aromatic rings. The maximum atomic E-state index is 5.07. The minimum absolute atomic E-state index is 0.974. The summed E-state index contributed by atoms with van der Waals surface area (Å²) in [6.07, 6.45) is 8.58. The van der Waals surface area contributed by atoms with Crippen molar-refractivity contribution in [1.29, 1.82) is 0 Å². The highest BCUT2D eigenvalue weighted by molar-refractivity contribution is 6.26. The van der Waals surface area contributed by atoms with Crippen LogP contribution in [0.25, 0.3) is 81.8 Å². The van der Waals surface area contributed by atoms with Gasteiger partial charge in [0.25, 0.3) is 0 Å². The van der Waals surface area contributed by atoms with Crippen molar-refractivity contribution in [1.82, 2.24) is 4.98 Å². The molecule has 0 radical (unpaired) electrons. The second-order valence-corrected chi connectivity index (χ2v) is 11.9. The predicted octanol–water partition coefficient (Wildman–Crippen LogP) is 13.2. The predicted molar refractivity (Wildman–Crippen MR) is 210 cm³/mol. The van der Waals surface area contributed by atoms with Gasteiger partial charge in [-0.15, -0.1) is 11.8 Å². The minimum atomic E-state index is 0.974. The quantitative estimate of drug-likeness (QED) is 0.0831. The van der Waals surface area contributed by atoms with E-state index in [2.05, 4.69) is 178 Å². The van der Waals surface area contributed by atoms with Crippen LogP contribution in [0.4, 0.5) is 0 Å². The maximum absolute atomic E-state index is 5.07. The third kappa shape index (κ3) is 5.32. The van der Waals surface area contributed by atoms with Gasteiger partial charge in [-0.2, -0.15) is 0 Å². The summed E-state index contributed by atoms with van der Waals surface area (Å²) in [4.78, 5) is 5.07. The molecule has 8 rings (SSSR count). The third-order valence-corrected chi connectivity index (χ3v) is 9.22. The number of allylic oxidation sites excluding steroid dienone is 4. The zero-order valence-corrected chi connectivity index (χ0v) is 27.9. The first-order valence-electron chi connectivity index (χ1n) is 16.5. The van der Waals surface area contributed by atoms with Crippen molar-refractivity contribution in [3.05, 3.63) is 157 Å². The highest BCUT2D eigenvalue weighted by atomic mass is 14.7. The Morgan fingerprint density at radius 1 is 0.500 bits per heavy atom. The molecular formula is C47H37N. The van der Waals surface area contributed by atoms with Crippen LogP contribution in [-0.2, 0) is 0 Å². The second-order valence-electron chi connectivity index (χ2n) is 11.9. The summed E-state index contributed by atoms with van der Waals surface area (Å²) in [7, 11) is 0. The lowest BCUT2D eigenvalue weighted by molar-refractivity contribution is 1.33. The van der Waals surface area contributed by atoms with Crippen molar-refractivity contribution in [3.63, 3.8) is 0 Å². The minimum Gasteiger partial charge on any atom is -0.256 e. The van der Waals surface area contributed by atoms with Gasteiger partial charge in [-0.3, -0.25) is 4.98 Å². The third-order valence-electron chi connectivity index (χ3n) is 9.22. The van der Waals surface area contributed by atoms with Crippen LogP contribution in [0.1, 0.15) is 33.3 Å². The van der Waals surface area contributed by atoms with Crippen LogP contribution < -0.4 is 0 Å². The lowest BCUT2D eigenvalue weighted by Crippen LogP contribution is -1.93. The Labute approximate surface area is 282 Å². The van der Waals surface area contributed by atoms with Gasteiger partial charge in [0.15, 0.2) is 0 Å². The summed E-state index contributed by atoms with van der Waals surface area (Å²) in [6.45, 7) is 7.84. The number of rotatable bonds is 4. The normalized spacial score (nSPS) is 11.6. The average Bonchev–Trinajstić information content (AvgIpc) is 3.16. The van der Waals surface area contributed by atoms with E-state index >= 15 is 0 Å². The van der Waals surface area contributed by atoms with Gasteiger partial charge in [-0.05, 0) is 110 Å². The van der Waals surface area contributed by atoms with E-state index in [1.807, 2.05) is 13.8 Å². The summed E-state index contributed by atoms with van der Waals surface area (Å²) < 4.78 is 0. The molecule has 0 atom stereocenters. The van der Waals surface area contributed by atoms with Crippen molar-refractivity contribution in [2.24, 2.45) is 0 Å². The highest BCUT2D eigenvalue weighted by Crippen LogP contribution is 2.42. The molecule has 1 aromatic heterocycles. The van der Waals surface area contributed by atoms with Crippen LogP contribution in [0.2, 0.25) is 0 Å². The van der Waals surface area contributed by atoms with E-state index in [0.29, 0.717) is 0 Å². The monoisotopic (exact) mass is 615 g/mol. The molecule has 0 aliphatic heterocycles. The fourth-order valence-electron chi connectivity index (χ4n) is 7.03. The van der Waals surface area contributed by atoms with Crippen LogP contribution in [0.15, 0.2) is 152 Å². The fraction of sp³-hybridized carbons (Fsp3) is 0.0851. The SMILES string of the molecule is C/C=C\C(=C/C)c1c2ccccc2c(-c2ccc(-c3ccc4c5ccccc5c5ccccc5c4c3)nc2)c2ccccc12.CC#CC. The number of aromatic nitrogens is 1. The Balaban J connectivity index is 0.000000865. The zero-order chi connectivity index (χ0) is 33.0. The van der Waals surface area contributed by atoms with E-state index in [1.54, 1.807) is 0 Å². The molecule has 0 aliphatic rings. The van der Waals surface area contributed by atoms with Gasteiger partial charge >= 0.3 is 0 Å². The summed E-state index contributed by atoms with van der Waals surface area (Å²) in [5, 5.41) is 12.7. The molecule has 0 amide bonds. The van der Waals surface area contributed by atoms with Crippen molar-refractivity contribution in [3.8, 4) is 34.2 Å². The van der Waals surface area contributed by atoms with E-state index in [-0.39, 0.29) is 0 Å². The highest BCUT2D eigenvalue weighted by Gasteiger charge is 2.17. The van der Waals surface area contributed by atoms with E-state index in [1.165, 1.54) is 70.6 Å². The Kier molecular flexibility index (Phi) is 8.57. The van der Waals surface area contributed by atoms with Crippen LogP contribution in [0.3, 0.4) is 0 Å². The van der Waals surface area contributed by atoms with Gasteiger partial charge in [0.1, 0.15) is 0 Å². The molecule has 0 aliphatic carbocycles. The standard InChI is InChI=1S/C43H31N.C4H6/c1-3-13-28(4-2)42-36-18-9-11-20-38(36)43(39-21-12-10-19-37(39)42)30-23-25-41(44-27-30)29-22-24-35-33-16-6-5-14-31(33)32-15-7-8-17-34(32)40(35)26-29;1-3-4-2/h3-27H,1-2H3;1-2H3/b13-3-,28-4+;. The fourth-order valence-corrected chi connectivity index (χ4v) is 7.03. The topological polar surface area (TPSA) is 12.9 Å². The first kappa shape index (κ1) is 30.7. The van der Waals surface area contributed by atoms with Gasteiger partial charge in [0.05, 0.1) is 5.69 Å². The summed E-state index contributed by atoms with van der Waals surface area (Å²) in [5.41, 5.74) is 6.96. The van der Waals surface area contributed by atoms with Crippen molar-refractivity contribution >= 4 is 59.4 Å². The molecule has 1 nitrogen and oxygen atoms in total. The largest absolute Gasteiger partial charge is 0.256 e. The lowest BCUT2D eigenvalue weighted by atomic mass is 9.86. The number of hydrogen-bond acceptors (Lipinski definition) is 1. The van der Waals surface area contributed by atoms with E-state index < -0.39 is 0 Å². The molecular weight excluding hydrogens is 579 g/mol. The molecule has 0 saturated heterocycles. The van der Waals surface area contributed by atoms with E-state index in [0.717, 1.165) is 16.8 Å². The number of benzene rings is 7. The maximum Gasteiger partial charge on any atom is 0.0702 e. The smallest absolute Gasteiger partial charge is 0.0702 e. The Morgan fingerprint density at radius 3 is 1.42 bits per heavy atom. The summed E-state index contributed by atoms with van der Waals surface area (Å²) in [6, 6.07) is 46.2. The summed E-state index contributed by atoms with van der Waals surface area (Å²) >= 11 is 0. The van der Waals surface area contributed by atoms with Crippen molar-refractivity contribution in [2.45, 2.75) is 27.7 Å². The molecule has 0 N–H and O–H groups in total. The first-order valence-corrected chi connectivity index (χ1v) is 16.5. The van der Waals surface area contributed by atoms with Crippen LogP contribution in [0, 0.1) is 11.8 Å². The molecule has 0 unspecified atom stereocenters. The molecule has 0 bridgehead atoms. The molecule has 48 heavy (non-hydrogen) atoms. The number of hydrogen-bond donors (Lipinski definition) is 0. The molecule has 1 heteroatoms. The van der Waals surface area contributed by atoms with Gasteiger partial charge in [-0.25, -0.2) is 0 Å². The van der Waals surface area contributed by atoms with Gasteiger partial charge in [0.2, 0.25) is 0 Å². The number of pyridine rings is 1. The van der Waals surface area contributed by atoms with Gasteiger partial charge in [0, 0.05) is 17.3 Å². The average molecular weight is 616 g/mol. The molecule has 0 saturated carbocycles. The molecule has 1 heterocycles. The molecule has 0 fully saturated rings. The van der Waals surface area contributed by atoms with E-state index in [4.69, 9.17) is 4.98 Å². The molecule has 7 aromatic carbocycles. The Hall–Kier alpha value is -5.97. The second kappa shape index (κ2) is 13.4. The van der Waals surface area contributed by atoms with Crippen LogP contribution in [-0.4, -0.2) is 4.98 Å². The van der Waals surface area contributed by atoms with Crippen LogP contribution >= 0.6 is 0 Å². The van der Waals surface area contributed by atoms with Crippen molar-refractivity contribution in [2.75, 3.05) is 0 Å². The molecule has 230 valence electrons. The number of nitrogens with zero attached hydrogens (tertiary/aromatic N) is 1. The van der Waals surface area contributed by atoms with Crippen molar-refractivity contribution < 1.29 is 0 Å². The molecule has 0 spiro atoms. The number of fused-ring (bicyclic) bond motifs is 8. The first-order chi connectivity index (χ1) is 23.7.